The second-order valence-corrected chi connectivity index (χ2v) is 7.02. The van der Waals surface area contributed by atoms with Crippen molar-refractivity contribution in [3.8, 4) is 22.6 Å². The fourth-order valence-corrected chi connectivity index (χ4v) is 3.31. The van der Waals surface area contributed by atoms with Crippen molar-refractivity contribution < 1.29 is 12.8 Å². The molecule has 0 aliphatic rings. The van der Waals surface area contributed by atoms with E-state index >= 15 is 0 Å². The molecule has 0 spiro atoms. The van der Waals surface area contributed by atoms with Gasteiger partial charge in [0.2, 0.25) is 15.9 Å². The molecule has 118 valence electrons. The van der Waals surface area contributed by atoms with Crippen LogP contribution in [0.1, 0.15) is 5.56 Å². The van der Waals surface area contributed by atoms with Crippen molar-refractivity contribution >= 4 is 21.6 Å². The Kier molecular flexibility index (Phi) is 3.97. The smallest absolute Gasteiger partial charge is 0.238 e. The predicted octanol–water partition coefficient (Wildman–Crippen LogP) is 3.62. The number of hydrogen-bond acceptors (Lipinski definition) is 4. The van der Waals surface area contributed by atoms with Crippen LogP contribution in [0, 0.1) is 6.92 Å². The number of oxazole rings is 1. The first-order valence-corrected chi connectivity index (χ1v) is 8.62. The van der Waals surface area contributed by atoms with Crippen molar-refractivity contribution in [3.05, 3.63) is 59.4 Å². The summed E-state index contributed by atoms with van der Waals surface area (Å²) in [6, 6.07) is 10.3. The monoisotopic (exact) mass is 348 g/mol. The quantitative estimate of drug-likeness (QED) is 0.783. The van der Waals surface area contributed by atoms with Crippen molar-refractivity contribution in [1.29, 1.82) is 0 Å². The Morgan fingerprint density at radius 2 is 1.83 bits per heavy atom. The van der Waals surface area contributed by atoms with Crippen molar-refractivity contribution in [2.45, 2.75) is 11.8 Å². The van der Waals surface area contributed by atoms with Gasteiger partial charge in [0.15, 0.2) is 0 Å². The molecule has 2 N–H and O–H groups in total. The molecule has 1 heterocycles. The molecule has 3 rings (SSSR count). The summed E-state index contributed by atoms with van der Waals surface area (Å²) in [5, 5.41) is 5.90. The molecule has 0 unspecified atom stereocenters. The molecule has 0 aliphatic heterocycles. The Hall–Kier alpha value is -2.15. The zero-order valence-electron chi connectivity index (χ0n) is 12.2. The van der Waals surface area contributed by atoms with Gasteiger partial charge in [0, 0.05) is 10.6 Å². The summed E-state index contributed by atoms with van der Waals surface area (Å²) < 4.78 is 29.0. The average Bonchev–Trinajstić information content (AvgIpc) is 3.01. The van der Waals surface area contributed by atoms with Gasteiger partial charge < -0.3 is 4.42 Å². The van der Waals surface area contributed by atoms with E-state index in [0.717, 1.165) is 5.56 Å². The molecule has 0 bridgehead atoms. The minimum atomic E-state index is -3.83. The topological polar surface area (TPSA) is 86.2 Å². The van der Waals surface area contributed by atoms with E-state index in [1.807, 2.05) is 0 Å². The van der Waals surface area contributed by atoms with E-state index in [9.17, 15) is 8.42 Å². The molecule has 7 heteroatoms. The van der Waals surface area contributed by atoms with Gasteiger partial charge in [-0.2, -0.15) is 0 Å². The van der Waals surface area contributed by atoms with Gasteiger partial charge in [0.05, 0.1) is 11.1 Å². The molecule has 0 aliphatic carbocycles. The van der Waals surface area contributed by atoms with Crippen molar-refractivity contribution in [2.75, 3.05) is 0 Å². The highest BCUT2D eigenvalue weighted by Gasteiger charge is 2.19. The van der Waals surface area contributed by atoms with Crippen LogP contribution in [0.25, 0.3) is 22.6 Å². The number of benzene rings is 2. The van der Waals surface area contributed by atoms with E-state index in [4.69, 9.17) is 21.2 Å². The molecule has 0 radical (unpaired) electrons. The largest absolute Gasteiger partial charge is 0.445 e. The highest BCUT2D eigenvalue weighted by molar-refractivity contribution is 7.89. The van der Waals surface area contributed by atoms with E-state index < -0.39 is 10.0 Å². The van der Waals surface area contributed by atoms with Crippen LogP contribution in [-0.2, 0) is 10.0 Å². The number of sulfonamides is 1. The number of aryl methyl sites for hydroxylation is 1. The van der Waals surface area contributed by atoms with E-state index in [1.165, 1.54) is 18.5 Å². The first kappa shape index (κ1) is 15.7. The molecule has 1 aromatic heterocycles. The number of nitrogens with two attached hydrogens (primary N) is 1. The van der Waals surface area contributed by atoms with Crippen LogP contribution in [0.4, 0.5) is 0 Å². The minimum Gasteiger partial charge on any atom is -0.445 e. The van der Waals surface area contributed by atoms with Crippen LogP contribution in [-0.4, -0.2) is 13.4 Å². The van der Waals surface area contributed by atoms with Gasteiger partial charge in [-0.05, 0) is 47.9 Å². The molecule has 5 nitrogen and oxygen atoms in total. The molecule has 0 saturated carbocycles. The Labute approximate surface area is 138 Å². The van der Waals surface area contributed by atoms with E-state index in [-0.39, 0.29) is 4.90 Å². The molecule has 3 aromatic rings. The molecule has 0 saturated heterocycles. The summed E-state index contributed by atoms with van der Waals surface area (Å²) in [5.41, 5.74) is 2.65. The lowest BCUT2D eigenvalue weighted by Crippen LogP contribution is -2.14. The summed E-state index contributed by atoms with van der Waals surface area (Å²) in [4.78, 5) is 4.22. The predicted molar refractivity (Wildman–Crippen MR) is 88.5 cm³/mol. The first-order chi connectivity index (χ1) is 10.9. The summed E-state index contributed by atoms with van der Waals surface area (Å²) in [7, 11) is -3.83. The Morgan fingerprint density at radius 3 is 2.39 bits per heavy atom. The fraction of sp³-hybridized carbons (Fsp3) is 0.0625. The minimum absolute atomic E-state index is 0.0674. The number of hydrogen-bond donors (Lipinski definition) is 1. The number of aromatic nitrogens is 1. The summed E-state index contributed by atoms with van der Waals surface area (Å²) in [6.45, 7) is 1.68. The Balaban J connectivity index is 2.32. The van der Waals surface area contributed by atoms with E-state index in [1.54, 1.807) is 37.3 Å². The van der Waals surface area contributed by atoms with Gasteiger partial charge in [-0.3, -0.25) is 0 Å². The van der Waals surface area contributed by atoms with Gasteiger partial charge in [0.25, 0.3) is 0 Å². The zero-order chi connectivity index (χ0) is 16.6. The number of primary sulfonamides is 1. The molecular formula is C16H13ClN2O3S. The second-order valence-electron chi connectivity index (χ2n) is 5.05. The van der Waals surface area contributed by atoms with Crippen LogP contribution >= 0.6 is 11.6 Å². The van der Waals surface area contributed by atoms with Gasteiger partial charge in [0.1, 0.15) is 6.26 Å². The van der Waals surface area contributed by atoms with Crippen molar-refractivity contribution in [1.82, 2.24) is 4.98 Å². The number of rotatable bonds is 3. The van der Waals surface area contributed by atoms with Crippen LogP contribution in [0.15, 0.2) is 58.2 Å². The average molecular weight is 349 g/mol. The maximum atomic E-state index is 11.8. The van der Waals surface area contributed by atoms with Crippen molar-refractivity contribution in [3.63, 3.8) is 0 Å². The molecule has 23 heavy (non-hydrogen) atoms. The van der Waals surface area contributed by atoms with Crippen LogP contribution < -0.4 is 5.14 Å². The third-order valence-corrected chi connectivity index (χ3v) is 4.74. The van der Waals surface area contributed by atoms with Gasteiger partial charge in [-0.1, -0.05) is 23.7 Å². The molecular weight excluding hydrogens is 336 g/mol. The number of nitrogens with zero attached hydrogens (tertiary/aromatic N) is 1. The highest BCUT2D eigenvalue weighted by atomic mass is 35.5. The summed E-state index contributed by atoms with van der Waals surface area (Å²) in [6.07, 6.45) is 2.99. The molecule has 2 aromatic carbocycles. The van der Waals surface area contributed by atoms with Crippen LogP contribution in [0.2, 0.25) is 5.02 Å². The lowest BCUT2D eigenvalue weighted by molar-refractivity contribution is 0.574. The van der Waals surface area contributed by atoms with Crippen LogP contribution in [0.3, 0.4) is 0 Å². The summed E-state index contributed by atoms with van der Waals surface area (Å²) in [5.74, 6) is 0.402. The third kappa shape index (κ3) is 3.14. The van der Waals surface area contributed by atoms with Crippen molar-refractivity contribution in [2.24, 2.45) is 5.14 Å². The SMILES string of the molecule is Cc1cc(-c2ncco2)c(-c2ccc(Cl)cc2)cc1S(N)(=O)=O. The second kappa shape index (κ2) is 5.81. The molecule has 0 atom stereocenters. The normalized spacial score (nSPS) is 11.6. The maximum Gasteiger partial charge on any atom is 0.238 e. The van der Waals surface area contributed by atoms with Gasteiger partial charge in [-0.15, -0.1) is 0 Å². The molecule has 0 amide bonds. The highest BCUT2D eigenvalue weighted by Crippen LogP contribution is 2.35. The summed E-state index contributed by atoms with van der Waals surface area (Å²) >= 11 is 5.92. The Morgan fingerprint density at radius 1 is 1.13 bits per heavy atom. The lowest BCUT2D eigenvalue weighted by atomic mass is 9.97. The first-order valence-electron chi connectivity index (χ1n) is 6.69. The van der Waals surface area contributed by atoms with E-state index in [0.29, 0.717) is 27.6 Å². The zero-order valence-corrected chi connectivity index (χ0v) is 13.7. The Bertz CT molecular complexity index is 950. The standard InChI is InChI=1S/C16H13ClN2O3S/c1-10-8-14(16-19-6-7-22-16)13(9-15(10)23(18,20)21)11-2-4-12(17)5-3-11/h2-9H,1H3,(H2,18,20,21). The number of halogens is 1. The van der Waals surface area contributed by atoms with E-state index in [2.05, 4.69) is 4.98 Å². The maximum absolute atomic E-state index is 11.8. The van der Waals surface area contributed by atoms with Gasteiger partial charge in [-0.25, -0.2) is 18.5 Å². The third-order valence-electron chi connectivity index (χ3n) is 3.44. The fourth-order valence-electron chi connectivity index (χ4n) is 2.40. The van der Waals surface area contributed by atoms with Gasteiger partial charge >= 0.3 is 0 Å². The lowest BCUT2D eigenvalue weighted by Gasteiger charge is -2.12. The van der Waals surface area contributed by atoms with Crippen LogP contribution in [0.5, 0.6) is 0 Å². The molecule has 0 fully saturated rings.